The molecule has 2 aromatic heterocycles. The van der Waals surface area contributed by atoms with Gasteiger partial charge < -0.3 is 15.2 Å². The molecule has 2 heterocycles. The lowest BCUT2D eigenvalue weighted by molar-refractivity contribution is -0.119. The van der Waals surface area contributed by atoms with Crippen LogP contribution in [-0.4, -0.2) is 32.2 Å². The molecular weight excluding hydrogens is 430 g/mol. The summed E-state index contributed by atoms with van der Waals surface area (Å²) in [6.45, 7) is 1.91. The molecule has 2 amide bonds. The van der Waals surface area contributed by atoms with Crippen LogP contribution in [0.2, 0.25) is 0 Å². The van der Waals surface area contributed by atoms with Crippen LogP contribution in [0, 0.1) is 12.8 Å². The van der Waals surface area contributed by atoms with Gasteiger partial charge in [-0.05, 0) is 55.5 Å². The first kappa shape index (κ1) is 23.5. The summed E-state index contributed by atoms with van der Waals surface area (Å²) >= 11 is 0. The maximum atomic E-state index is 13.3. The van der Waals surface area contributed by atoms with Gasteiger partial charge in [0.05, 0.1) is 0 Å². The van der Waals surface area contributed by atoms with E-state index in [1.54, 1.807) is 37.0 Å². The number of nitrogens with one attached hydrogen (secondary N) is 2. The van der Waals surface area contributed by atoms with Gasteiger partial charge in [-0.3, -0.25) is 19.1 Å². The minimum absolute atomic E-state index is 0.0490. The summed E-state index contributed by atoms with van der Waals surface area (Å²) in [7, 11) is 3.46. The fourth-order valence-electron chi connectivity index (χ4n) is 4.67. The lowest BCUT2D eigenvalue weighted by atomic mass is 9.83. The van der Waals surface area contributed by atoms with E-state index < -0.39 is 6.04 Å². The molecular formula is C26H31N5O3. The number of hydrogen-bond acceptors (Lipinski definition) is 4. The molecule has 0 aliphatic heterocycles. The summed E-state index contributed by atoms with van der Waals surface area (Å²) in [6.07, 6.45) is 6.67. The highest BCUT2D eigenvalue weighted by atomic mass is 16.2. The molecule has 1 saturated carbocycles. The van der Waals surface area contributed by atoms with Gasteiger partial charge in [-0.1, -0.05) is 31.4 Å². The molecule has 3 aromatic rings. The van der Waals surface area contributed by atoms with Crippen LogP contribution in [0.1, 0.15) is 48.3 Å². The number of benzene rings is 1. The van der Waals surface area contributed by atoms with Crippen LogP contribution < -0.4 is 16.2 Å². The molecule has 1 aliphatic rings. The minimum Gasteiger partial charge on any atom is -0.339 e. The highest BCUT2D eigenvalue weighted by Gasteiger charge is 2.31. The third-order valence-corrected chi connectivity index (χ3v) is 6.82. The van der Waals surface area contributed by atoms with Crippen molar-refractivity contribution in [1.29, 1.82) is 0 Å². The molecule has 4 rings (SSSR count). The van der Waals surface area contributed by atoms with E-state index in [1.165, 1.54) is 4.68 Å². The zero-order valence-corrected chi connectivity index (χ0v) is 19.9. The van der Waals surface area contributed by atoms with Crippen LogP contribution in [0.4, 0.5) is 5.69 Å². The van der Waals surface area contributed by atoms with Gasteiger partial charge in [-0.2, -0.15) is 5.10 Å². The monoisotopic (exact) mass is 461 g/mol. The van der Waals surface area contributed by atoms with Crippen molar-refractivity contribution in [3.63, 3.8) is 0 Å². The second-order valence-electron chi connectivity index (χ2n) is 8.99. The normalized spacial score (nSPS) is 15.0. The maximum absolute atomic E-state index is 13.3. The van der Waals surface area contributed by atoms with E-state index in [2.05, 4.69) is 15.7 Å². The molecule has 178 valence electrons. The summed E-state index contributed by atoms with van der Waals surface area (Å²) in [5.41, 5.74) is 3.83. The van der Waals surface area contributed by atoms with E-state index in [-0.39, 0.29) is 23.3 Å². The number of carbonyl (C=O) groups excluding carboxylic acids is 2. The first-order chi connectivity index (χ1) is 16.3. The van der Waals surface area contributed by atoms with Gasteiger partial charge in [0.2, 0.25) is 11.5 Å². The van der Waals surface area contributed by atoms with Crippen LogP contribution in [-0.2, 0) is 18.9 Å². The van der Waals surface area contributed by atoms with E-state index in [9.17, 15) is 14.4 Å². The number of aryl methyl sites for hydroxylation is 1. The van der Waals surface area contributed by atoms with Crippen molar-refractivity contribution in [2.75, 3.05) is 5.32 Å². The third kappa shape index (κ3) is 4.95. The van der Waals surface area contributed by atoms with Gasteiger partial charge >= 0.3 is 0 Å². The van der Waals surface area contributed by atoms with Crippen molar-refractivity contribution >= 4 is 17.5 Å². The molecule has 8 heteroatoms. The lowest BCUT2D eigenvalue weighted by Gasteiger charge is -2.30. The predicted octanol–water partition coefficient (Wildman–Crippen LogP) is 3.41. The van der Waals surface area contributed by atoms with E-state index in [0.717, 1.165) is 48.9 Å². The van der Waals surface area contributed by atoms with Crippen LogP contribution in [0.3, 0.4) is 0 Å². The number of carbonyl (C=O) groups is 2. The van der Waals surface area contributed by atoms with Crippen LogP contribution in [0.5, 0.6) is 0 Å². The molecule has 1 aromatic carbocycles. The summed E-state index contributed by atoms with van der Waals surface area (Å²) in [5, 5.41) is 10.0. The fourth-order valence-corrected chi connectivity index (χ4v) is 4.67. The Morgan fingerprint density at radius 1 is 1.00 bits per heavy atom. The summed E-state index contributed by atoms with van der Waals surface area (Å²) in [5.74, 6) is -0.418. The largest absolute Gasteiger partial charge is 0.339 e. The number of aromatic nitrogens is 3. The summed E-state index contributed by atoms with van der Waals surface area (Å²) in [4.78, 5) is 38.0. The lowest BCUT2D eigenvalue weighted by Crippen LogP contribution is -2.49. The first-order valence-electron chi connectivity index (χ1n) is 11.7. The van der Waals surface area contributed by atoms with Crippen molar-refractivity contribution in [2.24, 2.45) is 20.0 Å². The Bertz CT molecular complexity index is 1240. The summed E-state index contributed by atoms with van der Waals surface area (Å²) < 4.78 is 3.12. The predicted molar refractivity (Wildman–Crippen MR) is 132 cm³/mol. The molecule has 1 atom stereocenters. The number of amides is 2. The maximum Gasteiger partial charge on any atom is 0.270 e. The zero-order valence-electron chi connectivity index (χ0n) is 19.9. The smallest absolute Gasteiger partial charge is 0.270 e. The number of hydrogen-bond donors (Lipinski definition) is 2. The zero-order chi connectivity index (χ0) is 24.2. The average molecular weight is 462 g/mol. The van der Waals surface area contributed by atoms with Crippen LogP contribution in [0.15, 0.2) is 53.5 Å². The second kappa shape index (κ2) is 10.1. The van der Waals surface area contributed by atoms with Crippen LogP contribution >= 0.6 is 0 Å². The molecule has 1 aliphatic carbocycles. The Balaban J connectivity index is 1.51. The fraction of sp³-hybridized carbons (Fsp3) is 0.385. The molecule has 0 spiro atoms. The Morgan fingerprint density at radius 3 is 2.35 bits per heavy atom. The number of pyridine rings is 1. The molecule has 2 N–H and O–H groups in total. The van der Waals surface area contributed by atoms with Gasteiger partial charge in [-0.15, -0.1) is 0 Å². The Kier molecular flexibility index (Phi) is 6.95. The Hall–Kier alpha value is -3.68. The van der Waals surface area contributed by atoms with Crippen LogP contribution in [0.25, 0.3) is 11.1 Å². The molecule has 0 radical (unpaired) electrons. The van der Waals surface area contributed by atoms with Gasteiger partial charge in [0.25, 0.3) is 5.91 Å². The number of rotatable bonds is 6. The molecule has 1 fully saturated rings. The van der Waals surface area contributed by atoms with Crippen molar-refractivity contribution in [3.05, 3.63) is 70.4 Å². The van der Waals surface area contributed by atoms with E-state index in [4.69, 9.17) is 0 Å². The van der Waals surface area contributed by atoms with Crippen molar-refractivity contribution in [3.8, 4) is 11.1 Å². The van der Waals surface area contributed by atoms with Gasteiger partial charge in [0.15, 0.2) is 0 Å². The van der Waals surface area contributed by atoms with E-state index in [1.807, 2.05) is 37.3 Å². The number of anilines is 1. The van der Waals surface area contributed by atoms with Gasteiger partial charge in [0, 0.05) is 43.3 Å². The van der Waals surface area contributed by atoms with E-state index in [0.29, 0.717) is 11.4 Å². The Morgan fingerprint density at radius 2 is 1.71 bits per heavy atom. The average Bonchev–Trinajstić information content (AvgIpc) is 3.28. The highest BCUT2D eigenvalue weighted by Crippen LogP contribution is 2.28. The third-order valence-electron chi connectivity index (χ3n) is 6.82. The van der Waals surface area contributed by atoms with Crippen molar-refractivity contribution < 1.29 is 9.59 Å². The molecule has 1 unspecified atom stereocenters. The topological polar surface area (TPSA) is 98.0 Å². The molecule has 8 nitrogen and oxygen atoms in total. The molecule has 34 heavy (non-hydrogen) atoms. The Labute approximate surface area is 199 Å². The van der Waals surface area contributed by atoms with Gasteiger partial charge in [-0.25, -0.2) is 0 Å². The quantitative estimate of drug-likeness (QED) is 0.588. The van der Waals surface area contributed by atoms with E-state index >= 15 is 0 Å². The van der Waals surface area contributed by atoms with Crippen molar-refractivity contribution in [1.82, 2.24) is 19.7 Å². The first-order valence-corrected chi connectivity index (χ1v) is 11.7. The SMILES string of the molecule is Cc1c(-c2ccc(NC(=O)C(NC(=O)c3ccnn3C)C3CCCCC3)cc2)ccc(=O)n1C. The number of nitrogens with zero attached hydrogens (tertiary/aromatic N) is 3. The molecule has 0 bridgehead atoms. The summed E-state index contributed by atoms with van der Waals surface area (Å²) in [6, 6.07) is 11.9. The standard InChI is InChI=1S/C26H31N5O3/c1-17-21(13-14-23(32)30(17)2)18-9-11-20(12-10-18)28-26(34)24(19-7-5-4-6-8-19)29-25(33)22-15-16-27-31(22)3/h9-16,19,24H,4-8H2,1-3H3,(H,28,34)(H,29,33). The molecule has 0 saturated heterocycles. The van der Waals surface area contributed by atoms with Crippen molar-refractivity contribution in [2.45, 2.75) is 45.1 Å². The van der Waals surface area contributed by atoms with Gasteiger partial charge in [0.1, 0.15) is 11.7 Å². The highest BCUT2D eigenvalue weighted by molar-refractivity contribution is 6.00. The second-order valence-corrected chi connectivity index (χ2v) is 8.99. The minimum atomic E-state index is -0.617.